The first-order valence-corrected chi connectivity index (χ1v) is 10.9. The van der Waals surface area contributed by atoms with Gasteiger partial charge in [-0.2, -0.15) is 0 Å². The Labute approximate surface area is 177 Å². The van der Waals surface area contributed by atoms with Gasteiger partial charge in [0.1, 0.15) is 5.82 Å². The molecule has 0 saturated heterocycles. The maximum absolute atomic E-state index is 13.4. The molecule has 5 heteroatoms. The van der Waals surface area contributed by atoms with Crippen molar-refractivity contribution in [3.63, 3.8) is 0 Å². The van der Waals surface area contributed by atoms with Crippen molar-refractivity contribution < 1.29 is 4.79 Å². The number of fused-ring (bicyclic) bond motifs is 1. The van der Waals surface area contributed by atoms with E-state index in [0.717, 1.165) is 12.1 Å². The van der Waals surface area contributed by atoms with Crippen LogP contribution >= 0.6 is 0 Å². The fourth-order valence-electron chi connectivity index (χ4n) is 4.45. The number of nitrogens with zero attached hydrogens (tertiary/aromatic N) is 3. The second kappa shape index (κ2) is 8.82. The molecule has 0 radical (unpaired) electrons. The van der Waals surface area contributed by atoms with Crippen LogP contribution in [0.25, 0.3) is 16.6 Å². The van der Waals surface area contributed by atoms with Crippen molar-refractivity contribution in [3.05, 3.63) is 70.8 Å². The van der Waals surface area contributed by atoms with E-state index in [1.165, 1.54) is 25.7 Å². The SMILES string of the molecule is CC(c1nc2ccccc2c(=O)n1-c1ccccc1)N(C)C(=O)CCC1CCCC1. The number of hydrogen-bond acceptors (Lipinski definition) is 3. The summed E-state index contributed by atoms with van der Waals surface area (Å²) in [6.07, 6.45) is 6.56. The van der Waals surface area contributed by atoms with E-state index in [0.29, 0.717) is 29.1 Å². The lowest BCUT2D eigenvalue weighted by Crippen LogP contribution is -2.35. The molecule has 156 valence electrons. The lowest BCUT2D eigenvalue weighted by molar-refractivity contribution is -0.132. The minimum atomic E-state index is -0.321. The van der Waals surface area contributed by atoms with Crippen LogP contribution < -0.4 is 5.56 Å². The van der Waals surface area contributed by atoms with Crippen LogP contribution in [0.1, 0.15) is 57.3 Å². The van der Waals surface area contributed by atoms with Crippen molar-refractivity contribution in [3.8, 4) is 5.69 Å². The highest BCUT2D eigenvalue weighted by Crippen LogP contribution is 2.29. The zero-order valence-electron chi connectivity index (χ0n) is 17.8. The summed E-state index contributed by atoms with van der Waals surface area (Å²) < 4.78 is 1.65. The van der Waals surface area contributed by atoms with Gasteiger partial charge < -0.3 is 4.90 Å². The molecule has 1 heterocycles. The van der Waals surface area contributed by atoms with Gasteiger partial charge in [0.2, 0.25) is 5.91 Å². The quantitative estimate of drug-likeness (QED) is 0.590. The summed E-state index contributed by atoms with van der Waals surface area (Å²) in [4.78, 5) is 32.9. The molecule has 2 aromatic carbocycles. The molecule has 1 atom stereocenters. The highest BCUT2D eigenvalue weighted by atomic mass is 16.2. The van der Waals surface area contributed by atoms with E-state index < -0.39 is 0 Å². The summed E-state index contributed by atoms with van der Waals surface area (Å²) in [5, 5.41) is 0.576. The molecule has 0 aliphatic heterocycles. The molecular weight excluding hydrogens is 374 g/mol. The Morgan fingerprint density at radius 2 is 1.77 bits per heavy atom. The lowest BCUT2D eigenvalue weighted by Gasteiger charge is -2.27. The molecule has 1 saturated carbocycles. The molecule has 0 N–H and O–H groups in total. The predicted octanol–water partition coefficient (Wildman–Crippen LogP) is 4.88. The maximum Gasteiger partial charge on any atom is 0.266 e. The molecule has 3 aromatic rings. The van der Waals surface area contributed by atoms with Crippen LogP contribution in [0.3, 0.4) is 0 Å². The van der Waals surface area contributed by atoms with E-state index in [-0.39, 0.29) is 17.5 Å². The van der Waals surface area contributed by atoms with Crippen LogP contribution in [0.4, 0.5) is 0 Å². The van der Waals surface area contributed by atoms with Gasteiger partial charge in [-0.25, -0.2) is 4.98 Å². The van der Waals surface area contributed by atoms with E-state index in [9.17, 15) is 9.59 Å². The van der Waals surface area contributed by atoms with Gasteiger partial charge in [-0.15, -0.1) is 0 Å². The number of rotatable bonds is 6. The molecule has 1 aromatic heterocycles. The fraction of sp³-hybridized carbons (Fsp3) is 0.400. The molecule has 0 spiro atoms. The Bertz CT molecular complexity index is 1080. The smallest absolute Gasteiger partial charge is 0.266 e. The van der Waals surface area contributed by atoms with E-state index in [2.05, 4.69) is 0 Å². The summed E-state index contributed by atoms with van der Waals surface area (Å²) in [5.74, 6) is 1.37. The topological polar surface area (TPSA) is 55.2 Å². The normalized spacial score (nSPS) is 15.4. The maximum atomic E-state index is 13.4. The Morgan fingerprint density at radius 3 is 2.50 bits per heavy atom. The van der Waals surface area contributed by atoms with Crippen molar-refractivity contribution >= 4 is 16.8 Å². The number of amides is 1. The molecule has 4 rings (SSSR count). The molecule has 5 nitrogen and oxygen atoms in total. The highest BCUT2D eigenvalue weighted by Gasteiger charge is 2.25. The number of hydrogen-bond donors (Lipinski definition) is 0. The van der Waals surface area contributed by atoms with Gasteiger partial charge in [0.05, 0.1) is 22.6 Å². The second-order valence-electron chi connectivity index (χ2n) is 8.33. The van der Waals surface area contributed by atoms with Crippen LogP contribution in [0.5, 0.6) is 0 Å². The van der Waals surface area contributed by atoms with E-state index in [1.807, 2.05) is 62.5 Å². The number of para-hydroxylation sites is 2. The Kier molecular flexibility index (Phi) is 5.98. The summed E-state index contributed by atoms with van der Waals surface area (Å²) in [6.45, 7) is 1.95. The molecule has 1 amide bonds. The van der Waals surface area contributed by atoms with Crippen molar-refractivity contribution in [2.24, 2.45) is 5.92 Å². The van der Waals surface area contributed by atoms with Gasteiger partial charge in [0.15, 0.2) is 0 Å². The van der Waals surface area contributed by atoms with Gasteiger partial charge in [-0.05, 0) is 43.5 Å². The number of benzene rings is 2. The number of carbonyl (C=O) groups excluding carboxylic acids is 1. The van der Waals surface area contributed by atoms with Gasteiger partial charge in [-0.3, -0.25) is 14.2 Å². The standard InChI is InChI=1S/C25H29N3O2/c1-18(27(2)23(29)17-16-19-10-6-7-11-19)24-26-22-15-9-8-14-21(22)25(30)28(24)20-12-4-3-5-13-20/h3-5,8-9,12-15,18-19H,6-7,10-11,16-17H2,1-2H3. The monoisotopic (exact) mass is 403 g/mol. The van der Waals surface area contributed by atoms with Crippen LogP contribution in [0, 0.1) is 5.92 Å². The molecule has 30 heavy (non-hydrogen) atoms. The van der Waals surface area contributed by atoms with Crippen LogP contribution in [-0.4, -0.2) is 27.4 Å². The number of carbonyl (C=O) groups is 1. The third-order valence-electron chi connectivity index (χ3n) is 6.41. The van der Waals surface area contributed by atoms with Gasteiger partial charge in [0, 0.05) is 13.5 Å². The van der Waals surface area contributed by atoms with Gasteiger partial charge in [-0.1, -0.05) is 56.0 Å². The Morgan fingerprint density at radius 1 is 1.10 bits per heavy atom. The van der Waals surface area contributed by atoms with Crippen molar-refractivity contribution in [2.45, 2.75) is 51.5 Å². The minimum Gasteiger partial charge on any atom is -0.336 e. The Hall–Kier alpha value is -2.95. The van der Waals surface area contributed by atoms with Crippen molar-refractivity contribution in [1.82, 2.24) is 14.5 Å². The first-order chi connectivity index (χ1) is 14.6. The second-order valence-corrected chi connectivity index (χ2v) is 8.33. The molecule has 1 unspecified atom stereocenters. The number of aromatic nitrogens is 2. The van der Waals surface area contributed by atoms with Crippen molar-refractivity contribution in [1.29, 1.82) is 0 Å². The van der Waals surface area contributed by atoms with E-state index in [4.69, 9.17) is 4.98 Å². The van der Waals surface area contributed by atoms with Gasteiger partial charge in [0.25, 0.3) is 5.56 Å². The molecule has 1 aliphatic carbocycles. The predicted molar refractivity (Wildman–Crippen MR) is 120 cm³/mol. The first kappa shape index (κ1) is 20.3. The average molecular weight is 404 g/mol. The molecule has 1 aliphatic rings. The minimum absolute atomic E-state index is 0.108. The third kappa shape index (κ3) is 4.02. The summed E-state index contributed by atoms with van der Waals surface area (Å²) in [5.41, 5.74) is 1.30. The lowest BCUT2D eigenvalue weighted by atomic mass is 10.0. The van der Waals surface area contributed by atoms with Crippen LogP contribution in [-0.2, 0) is 4.79 Å². The molecular formula is C25H29N3O2. The summed E-state index contributed by atoms with van der Waals surface area (Å²) in [7, 11) is 1.82. The molecule has 1 fully saturated rings. The Balaban J connectivity index is 1.69. The summed E-state index contributed by atoms with van der Waals surface area (Å²) in [6, 6.07) is 16.6. The van der Waals surface area contributed by atoms with Crippen LogP contribution in [0.2, 0.25) is 0 Å². The zero-order valence-corrected chi connectivity index (χ0v) is 17.8. The average Bonchev–Trinajstić information content (AvgIpc) is 3.30. The fourth-order valence-corrected chi connectivity index (χ4v) is 4.45. The third-order valence-corrected chi connectivity index (χ3v) is 6.41. The van der Waals surface area contributed by atoms with E-state index >= 15 is 0 Å². The zero-order chi connectivity index (χ0) is 21.1. The van der Waals surface area contributed by atoms with Gasteiger partial charge >= 0.3 is 0 Å². The van der Waals surface area contributed by atoms with Crippen LogP contribution in [0.15, 0.2) is 59.4 Å². The van der Waals surface area contributed by atoms with Crippen molar-refractivity contribution in [2.75, 3.05) is 7.05 Å². The highest BCUT2D eigenvalue weighted by molar-refractivity contribution is 5.78. The van der Waals surface area contributed by atoms with E-state index in [1.54, 1.807) is 15.5 Å². The first-order valence-electron chi connectivity index (χ1n) is 10.9. The largest absolute Gasteiger partial charge is 0.336 e. The summed E-state index contributed by atoms with van der Waals surface area (Å²) >= 11 is 0. The molecule has 0 bridgehead atoms.